The fraction of sp³-hybridized carbons (Fsp3) is 0.208. The summed E-state index contributed by atoms with van der Waals surface area (Å²) in [4.78, 5) is 15.4. The molecule has 3 aromatic carbocycles. The van der Waals surface area contributed by atoms with E-state index in [0.717, 1.165) is 22.8 Å². The molecule has 154 valence electrons. The first-order chi connectivity index (χ1) is 14.7. The van der Waals surface area contributed by atoms with Crippen molar-refractivity contribution in [3.63, 3.8) is 0 Å². The number of para-hydroxylation sites is 2. The minimum Gasteiger partial charge on any atom is -0.497 e. The van der Waals surface area contributed by atoms with Crippen molar-refractivity contribution in [2.45, 2.75) is 5.37 Å². The molecule has 0 bridgehead atoms. The Kier molecular flexibility index (Phi) is 6.14. The van der Waals surface area contributed by atoms with Gasteiger partial charge in [-0.05, 0) is 42.5 Å². The van der Waals surface area contributed by atoms with Gasteiger partial charge in [-0.1, -0.05) is 30.3 Å². The third kappa shape index (κ3) is 4.09. The highest BCUT2D eigenvalue weighted by atomic mass is 32.2. The summed E-state index contributed by atoms with van der Waals surface area (Å²) in [6.45, 7) is 0.647. The molecule has 0 N–H and O–H groups in total. The third-order valence-electron chi connectivity index (χ3n) is 4.94. The Morgan fingerprint density at radius 3 is 2.43 bits per heavy atom. The summed E-state index contributed by atoms with van der Waals surface area (Å²) in [6.07, 6.45) is 0. The molecule has 0 aliphatic carbocycles. The monoisotopic (exact) mass is 421 g/mol. The van der Waals surface area contributed by atoms with Gasteiger partial charge >= 0.3 is 0 Å². The Labute approximate surface area is 180 Å². The lowest BCUT2D eigenvalue weighted by Gasteiger charge is -2.26. The zero-order valence-electron chi connectivity index (χ0n) is 16.9. The number of hydrogen-bond donors (Lipinski definition) is 0. The molecule has 0 aromatic heterocycles. The zero-order valence-corrected chi connectivity index (χ0v) is 17.7. The molecule has 1 amide bonds. The number of nitrogens with zero attached hydrogens (tertiary/aromatic N) is 1. The van der Waals surface area contributed by atoms with Crippen LogP contribution in [0.5, 0.6) is 23.0 Å². The summed E-state index contributed by atoms with van der Waals surface area (Å²) in [5.74, 6) is 3.49. The number of ether oxygens (including phenoxy) is 3. The van der Waals surface area contributed by atoms with Crippen molar-refractivity contribution in [1.29, 1.82) is 0 Å². The van der Waals surface area contributed by atoms with Gasteiger partial charge in [-0.15, -0.1) is 11.8 Å². The normalized spacial score (nSPS) is 15.7. The van der Waals surface area contributed by atoms with Gasteiger partial charge in [0, 0.05) is 17.9 Å². The molecule has 6 heteroatoms. The molecule has 4 rings (SSSR count). The van der Waals surface area contributed by atoms with Crippen LogP contribution in [0.2, 0.25) is 0 Å². The summed E-state index contributed by atoms with van der Waals surface area (Å²) in [7, 11) is 3.27. The second kappa shape index (κ2) is 9.13. The summed E-state index contributed by atoms with van der Waals surface area (Å²) in [6, 6.07) is 22.5. The minimum atomic E-state index is -0.160. The summed E-state index contributed by atoms with van der Waals surface area (Å²) in [5.41, 5.74) is 1.46. The number of thioether (sulfide) groups is 1. The average Bonchev–Trinajstić information content (AvgIpc) is 3.29. The first-order valence-corrected chi connectivity index (χ1v) is 10.7. The smallest absolute Gasteiger partial charge is 0.258 e. The van der Waals surface area contributed by atoms with Crippen LogP contribution >= 0.6 is 11.8 Å². The topological polar surface area (TPSA) is 48.0 Å². The first-order valence-electron chi connectivity index (χ1n) is 9.67. The van der Waals surface area contributed by atoms with E-state index >= 15 is 0 Å². The van der Waals surface area contributed by atoms with E-state index in [2.05, 4.69) is 0 Å². The highest BCUT2D eigenvalue weighted by Gasteiger charge is 2.34. The second-order valence-corrected chi connectivity index (χ2v) is 7.93. The molecule has 3 aromatic rings. The maximum absolute atomic E-state index is 13.6. The number of carbonyl (C=O) groups is 1. The van der Waals surface area contributed by atoms with Gasteiger partial charge in [0.15, 0.2) is 0 Å². The lowest BCUT2D eigenvalue weighted by molar-refractivity contribution is 0.0756. The largest absolute Gasteiger partial charge is 0.497 e. The van der Waals surface area contributed by atoms with Crippen LogP contribution in [0.25, 0.3) is 0 Å². The molecule has 30 heavy (non-hydrogen) atoms. The summed E-state index contributed by atoms with van der Waals surface area (Å²) in [5, 5.41) is -0.160. The molecular formula is C24H23NO4S. The van der Waals surface area contributed by atoms with E-state index in [1.807, 2.05) is 77.7 Å². The van der Waals surface area contributed by atoms with E-state index in [0.29, 0.717) is 23.6 Å². The zero-order chi connectivity index (χ0) is 20.9. The van der Waals surface area contributed by atoms with Gasteiger partial charge in [-0.25, -0.2) is 0 Å². The van der Waals surface area contributed by atoms with Gasteiger partial charge in [-0.3, -0.25) is 4.79 Å². The molecular weight excluding hydrogens is 398 g/mol. The van der Waals surface area contributed by atoms with E-state index in [-0.39, 0.29) is 11.3 Å². The van der Waals surface area contributed by atoms with E-state index < -0.39 is 0 Å². The number of rotatable bonds is 6. The fourth-order valence-corrected chi connectivity index (χ4v) is 4.74. The highest BCUT2D eigenvalue weighted by molar-refractivity contribution is 7.99. The Bertz CT molecular complexity index is 1020. The molecule has 5 nitrogen and oxygen atoms in total. The number of methoxy groups -OCH3 is 2. The summed E-state index contributed by atoms with van der Waals surface area (Å²) >= 11 is 1.71. The van der Waals surface area contributed by atoms with E-state index in [9.17, 15) is 4.79 Å². The molecule has 0 spiro atoms. The van der Waals surface area contributed by atoms with Gasteiger partial charge < -0.3 is 19.1 Å². The maximum atomic E-state index is 13.6. The minimum absolute atomic E-state index is 0.0681. The predicted molar refractivity (Wildman–Crippen MR) is 119 cm³/mol. The Hall–Kier alpha value is -3.12. The first kappa shape index (κ1) is 20.2. The fourth-order valence-electron chi connectivity index (χ4n) is 3.47. The van der Waals surface area contributed by atoms with Crippen LogP contribution in [0.1, 0.15) is 21.3 Å². The molecule has 1 fully saturated rings. The van der Waals surface area contributed by atoms with E-state index in [1.165, 1.54) is 0 Å². The SMILES string of the molecule is COc1ccc(OC)c(C2SCCN2C(=O)c2ccccc2Oc2ccccc2)c1. The van der Waals surface area contributed by atoms with Crippen molar-refractivity contribution in [1.82, 2.24) is 4.90 Å². The van der Waals surface area contributed by atoms with Crippen LogP contribution in [0.4, 0.5) is 0 Å². The Morgan fingerprint density at radius 1 is 0.900 bits per heavy atom. The lowest BCUT2D eigenvalue weighted by Crippen LogP contribution is -2.30. The Balaban J connectivity index is 1.66. The second-order valence-electron chi connectivity index (χ2n) is 6.74. The van der Waals surface area contributed by atoms with Crippen molar-refractivity contribution in [2.24, 2.45) is 0 Å². The maximum Gasteiger partial charge on any atom is 0.258 e. The quantitative estimate of drug-likeness (QED) is 0.534. The number of amides is 1. The molecule has 1 aliphatic heterocycles. The van der Waals surface area contributed by atoms with Gasteiger partial charge in [0.25, 0.3) is 5.91 Å². The number of benzene rings is 3. The van der Waals surface area contributed by atoms with Crippen LogP contribution in [0, 0.1) is 0 Å². The van der Waals surface area contributed by atoms with Gasteiger partial charge in [0.2, 0.25) is 0 Å². The Morgan fingerprint density at radius 2 is 1.67 bits per heavy atom. The molecule has 0 saturated carbocycles. The lowest BCUT2D eigenvalue weighted by atomic mass is 10.1. The predicted octanol–water partition coefficient (Wildman–Crippen LogP) is 5.38. The molecule has 1 aliphatic rings. The van der Waals surface area contributed by atoms with Crippen LogP contribution in [-0.2, 0) is 0 Å². The van der Waals surface area contributed by atoms with Gasteiger partial charge in [0.05, 0.1) is 19.8 Å². The van der Waals surface area contributed by atoms with Crippen molar-refractivity contribution in [2.75, 3.05) is 26.5 Å². The molecule has 1 atom stereocenters. The molecule has 1 heterocycles. The van der Waals surface area contributed by atoms with Gasteiger partial charge in [0.1, 0.15) is 28.4 Å². The molecule has 1 saturated heterocycles. The van der Waals surface area contributed by atoms with Gasteiger partial charge in [-0.2, -0.15) is 0 Å². The number of carbonyl (C=O) groups excluding carboxylic acids is 1. The van der Waals surface area contributed by atoms with Crippen molar-refractivity contribution in [3.8, 4) is 23.0 Å². The summed E-state index contributed by atoms with van der Waals surface area (Å²) < 4.78 is 17.0. The molecule has 1 unspecified atom stereocenters. The van der Waals surface area contributed by atoms with Crippen molar-refractivity contribution in [3.05, 3.63) is 83.9 Å². The van der Waals surface area contributed by atoms with Crippen molar-refractivity contribution >= 4 is 17.7 Å². The van der Waals surface area contributed by atoms with Crippen LogP contribution in [0.3, 0.4) is 0 Å². The standard InChI is InChI=1S/C24H23NO4S/c1-27-18-12-13-21(28-2)20(16-18)24-25(14-15-30-24)23(26)19-10-6-7-11-22(19)29-17-8-4-3-5-9-17/h3-13,16,24H,14-15H2,1-2H3. The number of hydrogen-bond acceptors (Lipinski definition) is 5. The highest BCUT2D eigenvalue weighted by Crippen LogP contribution is 2.44. The van der Waals surface area contributed by atoms with E-state index in [1.54, 1.807) is 26.0 Å². The van der Waals surface area contributed by atoms with Crippen LogP contribution < -0.4 is 14.2 Å². The third-order valence-corrected chi connectivity index (χ3v) is 6.19. The van der Waals surface area contributed by atoms with Crippen molar-refractivity contribution < 1.29 is 19.0 Å². The molecule has 0 radical (unpaired) electrons. The van der Waals surface area contributed by atoms with E-state index in [4.69, 9.17) is 14.2 Å². The average molecular weight is 422 g/mol. The van der Waals surface area contributed by atoms with Crippen LogP contribution in [0.15, 0.2) is 72.8 Å². The van der Waals surface area contributed by atoms with Crippen LogP contribution in [-0.4, -0.2) is 37.3 Å².